The molecule has 0 radical (unpaired) electrons. The van der Waals surface area contributed by atoms with E-state index in [-0.39, 0.29) is 11.0 Å². The normalized spacial score (nSPS) is 9.76. The van der Waals surface area contributed by atoms with Crippen LogP contribution >= 0.6 is 12.2 Å². The van der Waals surface area contributed by atoms with E-state index in [2.05, 4.69) is 15.6 Å². The molecule has 0 aliphatic heterocycles. The molecule has 21 heavy (non-hydrogen) atoms. The summed E-state index contributed by atoms with van der Waals surface area (Å²) in [5.74, 6) is 0.882. The summed E-state index contributed by atoms with van der Waals surface area (Å²) >= 11 is 4.76. The van der Waals surface area contributed by atoms with E-state index in [0.717, 1.165) is 5.69 Å². The molecule has 0 saturated carbocycles. The summed E-state index contributed by atoms with van der Waals surface area (Å²) in [6, 6.07) is 10.3. The molecular weight excluding hydrogens is 288 g/mol. The van der Waals surface area contributed by atoms with Gasteiger partial charge in [-0.25, -0.2) is 0 Å². The molecule has 7 heteroatoms. The Morgan fingerprint density at radius 2 is 1.95 bits per heavy atom. The quantitative estimate of drug-likeness (QED) is 0.747. The molecule has 0 unspecified atom stereocenters. The number of amides is 1. The number of carbonyl (C=O) groups excluding carboxylic acids is 1. The molecule has 1 aromatic heterocycles. The number of aromatic nitrogens is 1. The number of rotatable bonds is 4. The zero-order valence-electron chi connectivity index (χ0n) is 11.3. The highest BCUT2D eigenvalue weighted by molar-refractivity contribution is 7.80. The van der Waals surface area contributed by atoms with Gasteiger partial charge in [0.25, 0.3) is 5.91 Å². The van der Waals surface area contributed by atoms with Crippen LogP contribution in [0.15, 0.2) is 42.6 Å². The van der Waals surface area contributed by atoms with Crippen LogP contribution in [0.2, 0.25) is 0 Å². The van der Waals surface area contributed by atoms with Crippen molar-refractivity contribution >= 4 is 28.9 Å². The van der Waals surface area contributed by atoms with Gasteiger partial charge < -0.3 is 21.1 Å². The third kappa shape index (κ3) is 4.15. The number of thiocarbonyl (C=S) groups is 1. The predicted molar refractivity (Wildman–Crippen MR) is 84.6 cm³/mol. The number of nitrogens with one attached hydrogen (secondary N) is 2. The van der Waals surface area contributed by atoms with E-state index in [9.17, 15) is 4.79 Å². The van der Waals surface area contributed by atoms with Crippen LogP contribution in [0.3, 0.4) is 0 Å². The molecule has 0 aliphatic rings. The van der Waals surface area contributed by atoms with Gasteiger partial charge in [0.05, 0.1) is 0 Å². The first-order chi connectivity index (χ1) is 10.1. The Balaban J connectivity index is 2.11. The third-order valence-corrected chi connectivity index (χ3v) is 2.65. The van der Waals surface area contributed by atoms with Crippen molar-refractivity contribution in [2.24, 2.45) is 5.73 Å². The van der Waals surface area contributed by atoms with Crippen LogP contribution in [-0.2, 0) is 0 Å². The molecule has 0 bridgehead atoms. The standard InChI is InChI=1S/C14H14N4O2S/c1-16-13(19)12-8-11(6-7-17-12)20-10-4-2-9(3-5-10)18-14(15)21/h2-8H,1H3,(H,16,19)(H3,15,18,21). The highest BCUT2D eigenvalue weighted by Gasteiger charge is 2.06. The van der Waals surface area contributed by atoms with Crippen LogP contribution in [-0.4, -0.2) is 23.1 Å². The minimum absolute atomic E-state index is 0.202. The highest BCUT2D eigenvalue weighted by Crippen LogP contribution is 2.23. The molecule has 0 atom stereocenters. The van der Waals surface area contributed by atoms with E-state index >= 15 is 0 Å². The maximum Gasteiger partial charge on any atom is 0.269 e. The van der Waals surface area contributed by atoms with Crippen molar-refractivity contribution in [1.29, 1.82) is 0 Å². The van der Waals surface area contributed by atoms with Gasteiger partial charge in [0.1, 0.15) is 17.2 Å². The fourth-order valence-electron chi connectivity index (χ4n) is 1.61. The summed E-state index contributed by atoms with van der Waals surface area (Å²) < 4.78 is 5.66. The first kappa shape index (κ1) is 14.7. The lowest BCUT2D eigenvalue weighted by Crippen LogP contribution is -2.19. The second-order valence-electron chi connectivity index (χ2n) is 4.07. The average Bonchev–Trinajstić information content (AvgIpc) is 2.48. The zero-order valence-corrected chi connectivity index (χ0v) is 12.1. The topological polar surface area (TPSA) is 89.3 Å². The number of hydrogen-bond acceptors (Lipinski definition) is 4. The number of ether oxygens (including phenoxy) is 1. The number of nitrogens with zero attached hydrogens (tertiary/aromatic N) is 1. The Kier molecular flexibility index (Phi) is 4.68. The summed E-state index contributed by atoms with van der Waals surface area (Å²) in [5.41, 5.74) is 6.46. The van der Waals surface area contributed by atoms with Crippen LogP contribution in [0.4, 0.5) is 5.69 Å². The van der Waals surface area contributed by atoms with E-state index < -0.39 is 0 Å². The lowest BCUT2D eigenvalue weighted by atomic mass is 10.3. The fraction of sp³-hybridized carbons (Fsp3) is 0.0714. The Morgan fingerprint density at radius 3 is 2.57 bits per heavy atom. The Morgan fingerprint density at radius 1 is 1.24 bits per heavy atom. The Labute approximate surface area is 127 Å². The van der Waals surface area contributed by atoms with Crippen LogP contribution in [0, 0.1) is 0 Å². The summed E-state index contributed by atoms with van der Waals surface area (Å²) in [6.07, 6.45) is 1.52. The number of carbonyl (C=O) groups is 1. The first-order valence-corrected chi connectivity index (χ1v) is 6.52. The minimum Gasteiger partial charge on any atom is -0.457 e. The zero-order chi connectivity index (χ0) is 15.2. The van der Waals surface area contributed by atoms with Gasteiger partial charge in [-0.05, 0) is 42.5 Å². The maximum absolute atomic E-state index is 11.5. The number of pyridine rings is 1. The third-order valence-electron chi connectivity index (χ3n) is 2.55. The van der Waals surface area contributed by atoms with Gasteiger partial charge in [-0.2, -0.15) is 0 Å². The summed E-state index contributed by atoms with van der Waals surface area (Å²) in [4.78, 5) is 15.5. The molecule has 2 rings (SSSR count). The molecule has 0 fully saturated rings. The van der Waals surface area contributed by atoms with Crippen molar-refractivity contribution in [3.63, 3.8) is 0 Å². The monoisotopic (exact) mass is 302 g/mol. The van der Waals surface area contributed by atoms with Crippen molar-refractivity contribution in [3.8, 4) is 11.5 Å². The second-order valence-corrected chi connectivity index (χ2v) is 4.51. The first-order valence-electron chi connectivity index (χ1n) is 6.11. The highest BCUT2D eigenvalue weighted by atomic mass is 32.1. The fourth-order valence-corrected chi connectivity index (χ4v) is 1.73. The minimum atomic E-state index is -0.267. The van der Waals surface area contributed by atoms with Crippen LogP contribution in [0.5, 0.6) is 11.5 Å². The van der Waals surface area contributed by atoms with Crippen molar-refractivity contribution in [3.05, 3.63) is 48.3 Å². The van der Waals surface area contributed by atoms with Crippen LogP contribution < -0.4 is 21.1 Å². The van der Waals surface area contributed by atoms with Crippen molar-refractivity contribution in [2.75, 3.05) is 12.4 Å². The molecule has 2 aromatic rings. The van der Waals surface area contributed by atoms with E-state index in [1.54, 1.807) is 43.4 Å². The lowest BCUT2D eigenvalue weighted by Gasteiger charge is -2.08. The molecule has 1 aromatic carbocycles. The second kappa shape index (κ2) is 6.67. The van der Waals surface area contributed by atoms with Gasteiger partial charge in [0.15, 0.2) is 5.11 Å². The molecule has 1 heterocycles. The number of hydrogen-bond donors (Lipinski definition) is 3. The van der Waals surface area contributed by atoms with Gasteiger partial charge in [0.2, 0.25) is 0 Å². The lowest BCUT2D eigenvalue weighted by molar-refractivity contribution is 0.0958. The Hall–Kier alpha value is -2.67. The van der Waals surface area contributed by atoms with Gasteiger partial charge in [-0.1, -0.05) is 0 Å². The molecule has 4 N–H and O–H groups in total. The summed E-state index contributed by atoms with van der Waals surface area (Å²) in [6.45, 7) is 0. The molecule has 108 valence electrons. The van der Waals surface area contributed by atoms with Crippen molar-refractivity contribution in [2.45, 2.75) is 0 Å². The summed E-state index contributed by atoms with van der Waals surface area (Å²) in [5, 5.41) is 5.53. The van der Waals surface area contributed by atoms with E-state index in [4.69, 9.17) is 22.7 Å². The molecular formula is C14H14N4O2S. The predicted octanol–water partition coefficient (Wildman–Crippen LogP) is 1.89. The van der Waals surface area contributed by atoms with Gasteiger partial charge in [0, 0.05) is 25.0 Å². The van der Waals surface area contributed by atoms with E-state index in [1.165, 1.54) is 6.20 Å². The molecule has 1 amide bonds. The van der Waals surface area contributed by atoms with Gasteiger partial charge in [-0.3, -0.25) is 9.78 Å². The van der Waals surface area contributed by atoms with E-state index in [0.29, 0.717) is 17.2 Å². The maximum atomic E-state index is 11.5. The van der Waals surface area contributed by atoms with Crippen LogP contribution in [0.25, 0.3) is 0 Å². The molecule has 0 saturated heterocycles. The van der Waals surface area contributed by atoms with Gasteiger partial charge in [-0.15, -0.1) is 0 Å². The smallest absolute Gasteiger partial charge is 0.269 e. The largest absolute Gasteiger partial charge is 0.457 e. The number of benzene rings is 1. The molecule has 0 aliphatic carbocycles. The van der Waals surface area contributed by atoms with Crippen LogP contribution in [0.1, 0.15) is 10.5 Å². The Bertz CT molecular complexity index is 658. The molecule has 6 nitrogen and oxygen atoms in total. The van der Waals surface area contributed by atoms with Gasteiger partial charge >= 0.3 is 0 Å². The van der Waals surface area contributed by atoms with E-state index in [1.807, 2.05) is 0 Å². The molecule has 0 spiro atoms. The number of nitrogens with two attached hydrogens (primary N) is 1. The SMILES string of the molecule is CNC(=O)c1cc(Oc2ccc(NC(N)=S)cc2)ccn1. The van der Waals surface area contributed by atoms with Crippen molar-refractivity contribution in [1.82, 2.24) is 10.3 Å². The van der Waals surface area contributed by atoms with Crippen molar-refractivity contribution < 1.29 is 9.53 Å². The number of anilines is 1. The summed E-state index contributed by atoms with van der Waals surface area (Å²) in [7, 11) is 1.55. The average molecular weight is 302 g/mol.